The van der Waals surface area contributed by atoms with E-state index in [0.29, 0.717) is 24.7 Å². The van der Waals surface area contributed by atoms with Crippen molar-refractivity contribution in [2.45, 2.75) is 17.9 Å². The van der Waals surface area contributed by atoms with Crippen molar-refractivity contribution in [1.29, 1.82) is 0 Å². The molecule has 0 spiro atoms. The van der Waals surface area contributed by atoms with E-state index in [1.807, 2.05) is 6.92 Å². The molecule has 1 fully saturated rings. The fraction of sp³-hybridized carbons (Fsp3) is 0.455. The van der Waals surface area contributed by atoms with E-state index in [-0.39, 0.29) is 33.4 Å². The van der Waals surface area contributed by atoms with Gasteiger partial charge in [0.1, 0.15) is 4.90 Å². The molecule has 1 heterocycles. The van der Waals surface area contributed by atoms with Crippen LogP contribution in [0.2, 0.25) is 15.1 Å². The van der Waals surface area contributed by atoms with E-state index in [4.69, 9.17) is 34.8 Å². The smallest absolute Gasteiger partial charge is 0.246 e. The Labute approximate surface area is 139 Å². The summed E-state index contributed by atoms with van der Waals surface area (Å²) in [5, 5.41) is 3.58. The third kappa shape index (κ3) is 3.71. The van der Waals surface area contributed by atoms with Gasteiger partial charge >= 0.3 is 0 Å². The summed E-state index contributed by atoms with van der Waals surface area (Å²) in [5.74, 6) is 0. The minimum atomic E-state index is -3.70. The molecular weight excluding hydrogens is 366 g/mol. The van der Waals surface area contributed by atoms with Gasteiger partial charge in [0.05, 0.1) is 10.0 Å². The number of benzene rings is 1. The van der Waals surface area contributed by atoms with Crippen LogP contribution in [-0.4, -0.2) is 38.4 Å². The molecule has 0 amide bonds. The highest BCUT2D eigenvalue weighted by atomic mass is 35.5. The van der Waals surface area contributed by atoms with Gasteiger partial charge in [-0.15, -0.1) is 12.4 Å². The van der Waals surface area contributed by atoms with Crippen molar-refractivity contribution in [3.05, 3.63) is 27.2 Å². The Morgan fingerprint density at radius 1 is 1.25 bits per heavy atom. The lowest BCUT2D eigenvalue weighted by Crippen LogP contribution is -2.51. The number of nitrogens with zero attached hydrogens (tertiary/aromatic N) is 1. The second-order valence-corrected chi connectivity index (χ2v) is 7.54. The summed E-state index contributed by atoms with van der Waals surface area (Å²) in [6.45, 7) is 3.30. The zero-order chi connectivity index (χ0) is 14.2. The first kappa shape index (κ1) is 18.3. The van der Waals surface area contributed by atoms with Crippen molar-refractivity contribution >= 4 is 57.2 Å². The van der Waals surface area contributed by atoms with E-state index in [0.717, 1.165) is 0 Å². The molecule has 0 saturated carbocycles. The van der Waals surface area contributed by atoms with E-state index in [1.54, 1.807) is 0 Å². The fourth-order valence-electron chi connectivity index (χ4n) is 2.02. The SMILES string of the molecule is C[C@@H]1CN(S(=O)(=O)c2c(Cl)cc(Cl)cc2Cl)CCN1.Cl. The lowest BCUT2D eigenvalue weighted by Gasteiger charge is -2.31. The van der Waals surface area contributed by atoms with Crippen LogP contribution < -0.4 is 5.32 Å². The third-order valence-electron chi connectivity index (χ3n) is 2.89. The van der Waals surface area contributed by atoms with Crippen molar-refractivity contribution in [3.8, 4) is 0 Å². The molecule has 0 radical (unpaired) electrons. The van der Waals surface area contributed by atoms with Gasteiger partial charge in [0.2, 0.25) is 10.0 Å². The zero-order valence-corrected chi connectivity index (χ0v) is 14.5. The van der Waals surface area contributed by atoms with E-state index in [1.165, 1.54) is 16.4 Å². The first-order valence-corrected chi connectivity index (χ1v) is 8.28. The normalized spacial score (nSPS) is 20.5. The van der Waals surface area contributed by atoms with Crippen molar-refractivity contribution in [2.75, 3.05) is 19.6 Å². The van der Waals surface area contributed by atoms with Gasteiger partial charge in [0.25, 0.3) is 0 Å². The highest BCUT2D eigenvalue weighted by Crippen LogP contribution is 2.34. The van der Waals surface area contributed by atoms with E-state index in [9.17, 15) is 8.42 Å². The highest BCUT2D eigenvalue weighted by molar-refractivity contribution is 7.89. The number of hydrogen-bond donors (Lipinski definition) is 1. The van der Waals surface area contributed by atoms with Crippen LogP contribution in [0.1, 0.15) is 6.92 Å². The summed E-state index contributed by atoms with van der Waals surface area (Å²) in [4.78, 5) is -0.0747. The number of rotatable bonds is 2. The van der Waals surface area contributed by atoms with Crippen LogP contribution in [-0.2, 0) is 10.0 Å². The van der Waals surface area contributed by atoms with Crippen LogP contribution >= 0.6 is 47.2 Å². The van der Waals surface area contributed by atoms with Crippen molar-refractivity contribution in [3.63, 3.8) is 0 Å². The third-order valence-corrected chi connectivity index (χ3v) is 5.90. The molecule has 4 nitrogen and oxygen atoms in total. The molecule has 1 aliphatic rings. The maximum absolute atomic E-state index is 12.6. The van der Waals surface area contributed by atoms with Gasteiger partial charge in [-0.25, -0.2) is 8.42 Å². The molecule has 0 aromatic heterocycles. The van der Waals surface area contributed by atoms with Crippen LogP contribution in [0.4, 0.5) is 0 Å². The quantitative estimate of drug-likeness (QED) is 0.858. The van der Waals surface area contributed by atoms with Gasteiger partial charge in [0, 0.05) is 30.7 Å². The first-order valence-electron chi connectivity index (χ1n) is 5.70. The Kier molecular flexibility index (Phi) is 6.41. The summed E-state index contributed by atoms with van der Waals surface area (Å²) in [6, 6.07) is 2.86. The van der Waals surface area contributed by atoms with Crippen LogP contribution in [0.25, 0.3) is 0 Å². The van der Waals surface area contributed by atoms with Crippen LogP contribution in [0.5, 0.6) is 0 Å². The molecular formula is C11H14Cl4N2O2S. The fourth-order valence-corrected chi connectivity index (χ4v) is 5.04. The molecule has 1 saturated heterocycles. The van der Waals surface area contributed by atoms with Crippen molar-refractivity contribution < 1.29 is 8.42 Å². The molecule has 1 aromatic carbocycles. The minimum Gasteiger partial charge on any atom is -0.312 e. The molecule has 20 heavy (non-hydrogen) atoms. The molecule has 1 N–H and O–H groups in total. The van der Waals surface area contributed by atoms with Gasteiger partial charge < -0.3 is 5.32 Å². The summed E-state index contributed by atoms with van der Waals surface area (Å²) in [5.41, 5.74) is 0. The Hall–Kier alpha value is 0.250. The average Bonchev–Trinajstić information content (AvgIpc) is 2.26. The topological polar surface area (TPSA) is 49.4 Å². The standard InChI is InChI=1S/C11H13Cl3N2O2S.ClH/c1-7-6-16(3-2-15-7)19(17,18)11-9(13)4-8(12)5-10(11)14;/h4-5,7,15H,2-3,6H2,1H3;1H/t7-;/m1./s1. The zero-order valence-electron chi connectivity index (χ0n) is 10.6. The Morgan fingerprint density at radius 2 is 1.80 bits per heavy atom. The Balaban J connectivity index is 0.00000200. The van der Waals surface area contributed by atoms with Crippen LogP contribution in [0.3, 0.4) is 0 Å². The maximum atomic E-state index is 12.6. The number of nitrogens with one attached hydrogen (secondary N) is 1. The number of piperazine rings is 1. The summed E-state index contributed by atoms with van der Waals surface area (Å²) < 4.78 is 26.5. The van der Waals surface area contributed by atoms with Crippen LogP contribution in [0, 0.1) is 0 Å². The van der Waals surface area contributed by atoms with E-state index in [2.05, 4.69) is 5.32 Å². The predicted molar refractivity (Wildman–Crippen MR) is 84.9 cm³/mol. The highest BCUT2D eigenvalue weighted by Gasteiger charge is 2.32. The summed E-state index contributed by atoms with van der Waals surface area (Å²) >= 11 is 17.8. The molecule has 1 atom stereocenters. The first-order chi connectivity index (χ1) is 8.82. The van der Waals surface area contributed by atoms with Gasteiger partial charge in [-0.1, -0.05) is 34.8 Å². The van der Waals surface area contributed by atoms with Crippen LogP contribution in [0.15, 0.2) is 17.0 Å². The number of halogens is 4. The number of hydrogen-bond acceptors (Lipinski definition) is 3. The molecule has 2 rings (SSSR count). The molecule has 114 valence electrons. The second-order valence-electron chi connectivity index (χ2n) is 4.42. The maximum Gasteiger partial charge on any atom is 0.246 e. The van der Waals surface area contributed by atoms with E-state index < -0.39 is 10.0 Å². The van der Waals surface area contributed by atoms with Gasteiger partial charge in [-0.05, 0) is 19.1 Å². The van der Waals surface area contributed by atoms with Crippen molar-refractivity contribution in [1.82, 2.24) is 9.62 Å². The molecule has 0 bridgehead atoms. The second kappa shape index (κ2) is 7.01. The van der Waals surface area contributed by atoms with Gasteiger partial charge in [-0.2, -0.15) is 4.31 Å². The molecule has 1 aliphatic heterocycles. The average molecular weight is 380 g/mol. The summed E-state index contributed by atoms with van der Waals surface area (Å²) in [6.07, 6.45) is 0. The van der Waals surface area contributed by atoms with Crippen molar-refractivity contribution in [2.24, 2.45) is 0 Å². The molecule has 9 heteroatoms. The summed E-state index contributed by atoms with van der Waals surface area (Å²) in [7, 11) is -3.70. The lowest BCUT2D eigenvalue weighted by molar-refractivity contribution is 0.310. The molecule has 1 aromatic rings. The Bertz CT molecular complexity index is 571. The van der Waals surface area contributed by atoms with Gasteiger partial charge in [0.15, 0.2) is 0 Å². The largest absolute Gasteiger partial charge is 0.312 e. The predicted octanol–water partition coefficient (Wildman–Crippen LogP) is 3.05. The lowest BCUT2D eigenvalue weighted by atomic mass is 10.3. The molecule has 0 unspecified atom stereocenters. The number of sulfonamides is 1. The monoisotopic (exact) mass is 378 g/mol. The van der Waals surface area contributed by atoms with Gasteiger partial charge in [-0.3, -0.25) is 0 Å². The molecule has 0 aliphatic carbocycles. The minimum absolute atomic E-state index is 0. The Morgan fingerprint density at radius 3 is 2.30 bits per heavy atom. The van der Waals surface area contributed by atoms with E-state index >= 15 is 0 Å².